The van der Waals surface area contributed by atoms with Crippen molar-refractivity contribution in [1.82, 2.24) is 4.67 Å². The van der Waals surface area contributed by atoms with E-state index in [0.717, 1.165) is 0 Å². The fourth-order valence-electron chi connectivity index (χ4n) is 3.09. The minimum absolute atomic E-state index is 0.00355. The Labute approximate surface area is 200 Å². The van der Waals surface area contributed by atoms with Crippen molar-refractivity contribution in [2.75, 3.05) is 19.8 Å². The van der Waals surface area contributed by atoms with Gasteiger partial charge in [0.25, 0.3) is 0 Å². The monoisotopic (exact) mass is 488 g/mol. The zero-order chi connectivity index (χ0) is 25.0. The summed E-state index contributed by atoms with van der Waals surface area (Å²) in [6, 6.07) is 16.4. The lowest BCUT2D eigenvalue weighted by Crippen LogP contribution is -2.26. The highest BCUT2D eigenvalue weighted by Crippen LogP contribution is 2.57. The fraction of sp³-hybridized carbons (Fsp3) is 0.360. The third-order valence-electron chi connectivity index (χ3n) is 4.60. The first-order chi connectivity index (χ1) is 16.4. The maximum absolute atomic E-state index is 15.1. The maximum Gasteiger partial charge on any atom is 0.435 e. The SMILES string of the molecule is CCCOP(=O)(OCCC)N(Cc1ccccc1)C(=C(C#N)C(=O)OCC)c1ccccc1F. The molecule has 0 bridgehead atoms. The summed E-state index contributed by atoms with van der Waals surface area (Å²) in [6.45, 7) is 5.41. The van der Waals surface area contributed by atoms with E-state index in [1.54, 1.807) is 37.3 Å². The van der Waals surface area contributed by atoms with Crippen LogP contribution in [-0.4, -0.2) is 30.5 Å². The highest BCUT2D eigenvalue weighted by atomic mass is 31.2. The van der Waals surface area contributed by atoms with Crippen LogP contribution in [0.1, 0.15) is 44.7 Å². The molecule has 0 heterocycles. The van der Waals surface area contributed by atoms with E-state index in [0.29, 0.717) is 18.4 Å². The van der Waals surface area contributed by atoms with Gasteiger partial charge in [-0.3, -0.25) is 13.7 Å². The van der Waals surface area contributed by atoms with Crippen molar-refractivity contribution in [3.8, 4) is 6.07 Å². The second kappa shape index (κ2) is 13.7. The molecule has 2 rings (SSSR count). The van der Waals surface area contributed by atoms with E-state index in [1.165, 1.54) is 22.9 Å². The quantitative estimate of drug-likeness (QED) is 0.146. The van der Waals surface area contributed by atoms with Gasteiger partial charge >= 0.3 is 13.7 Å². The average molecular weight is 488 g/mol. The third-order valence-corrected chi connectivity index (χ3v) is 6.55. The van der Waals surface area contributed by atoms with Crippen LogP contribution in [0.5, 0.6) is 0 Å². The summed E-state index contributed by atoms with van der Waals surface area (Å²) >= 11 is 0. The highest BCUT2D eigenvalue weighted by molar-refractivity contribution is 7.51. The number of ether oxygens (including phenoxy) is 1. The molecule has 7 nitrogen and oxygen atoms in total. The topological polar surface area (TPSA) is 88.9 Å². The standard InChI is InChI=1S/C25H30FN2O5P/c1-4-16-32-34(30,33-17-5-2)28(19-20-12-8-7-9-13-20)24(21-14-10-11-15-23(21)26)22(18-27)25(29)31-6-3/h7-15H,4-6,16-17,19H2,1-3H3. The molecule has 0 saturated carbocycles. The molecular formula is C25H30FN2O5P. The van der Waals surface area contributed by atoms with Crippen LogP contribution in [0.25, 0.3) is 5.70 Å². The number of rotatable bonds is 13. The molecule has 9 heteroatoms. The van der Waals surface area contributed by atoms with Crippen molar-refractivity contribution in [2.45, 2.75) is 40.2 Å². The van der Waals surface area contributed by atoms with Gasteiger partial charge in [0.15, 0.2) is 5.57 Å². The van der Waals surface area contributed by atoms with Crippen molar-refractivity contribution in [3.05, 3.63) is 77.1 Å². The maximum atomic E-state index is 15.1. The predicted octanol–water partition coefficient (Wildman–Crippen LogP) is 6.09. The first-order valence-corrected chi connectivity index (χ1v) is 12.7. The Morgan fingerprint density at radius 2 is 1.59 bits per heavy atom. The highest BCUT2D eigenvalue weighted by Gasteiger charge is 2.39. The molecule has 2 aromatic rings. The Morgan fingerprint density at radius 3 is 2.12 bits per heavy atom. The number of nitriles is 1. The smallest absolute Gasteiger partial charge is 0.435 e. The summed E-state index contributed by atoms with van der Waals surface area (Å²) in [5.74, 6) is -1.66. The van der Waals surface area contributed by atoms with Crippen LogP contribution >= 0.6 is 7.75 Å². The molecule has 2 aromatic carbocycles. The molecule has 0 atom stereocenters. The molecule has 0 saturated heterocycles. The van der Waals surface area contributed by atoms with Gasteiger partial charge in [0.05, 0.1) is 32.1 Å². The zero-order valence-electron chi connectivity index (χ0n) is 19.7. The average Bonchev–Trinajstić information content (AvgIpc) is 2.85. The van der Waals surface area contributed by atoms with E-state index < -0.39 is 25.1 Å². The lowest BCUT2D eigenvalue weighted by Gasteiger charge is -2.34. The largest absolute Gasteiger partial charge is 0.462 e. The first kappa shape index (κ1) is 27.3. The van der Waals surface area contributed by atoms with Crippen LogP contribution in [0, 0.1) is 17.1 Å². The number of halogens is 1. The molecule has 0 N–H and O–H groups in total. The van der Waals surface area contributed by atoms with Crippen molar-refractivity contribution in [3.63, 3.8) is 0 Å². The van der Waals surface area contributed by atoms with Gasteiger partial charge in [0.1, 0.15) is 11.9 Å². The summed E-state index contributed by atoms with van der Waals surface area (Å²) in [6.07, 6.45) is 1.08. The zero-order valence-corrected chi connectivity index (χ0v) is 20.6. The Balaban J connectivity index is 2.86. The number of benzene rings is 2. The van der Waals surface area contributed by atoms with Gasteiger partial charge in [0, 0.05) is 5.56 Å². The van der Waals surface area contributed by atoms with Gasteiger partial charge in [0.2, 0.25) is 0 Å². The summed E-state index contributed by atoms with van der Waals surface area (Å²) in [5.41, 5.74) is -0.108. The number of esters is 1. The second-order valence-corrected chi connectivity index (χ2v) is 9.15. The number of carbonyl (C=O) groups excluding carboxylic acids is 1. The number of hydrogen-bond acceptors (Lipinski definition) is 6. The summed E-state index contributed by atoms with van der Waals surface area (Å²) in [5, 5.41) is 9.95. The van der Waals surface area contributed by atoms with Gasteiger partial charge in [-0.15, -0.1) is 0 Å². The number of hydrogen-bond donors (Lipinski definition) is 0. The lowest BCUT2D eigenvalue weighted by atomic mass is 10.1. The Morgan fingerprint density at radius 1 is 1.00 bits per heavy atom. The Bertz CT molecular complexity index is 1060. The first-order valence-electron chi connectivity index (χ1n) is 11.2. The van der Waals surface area contributed by atoms with E-state index in [-0.39, 0.29) is 37.6 Å². The molecule has 0 aliphatic carbocycles. The van der Waals surface area contributed by atoms with Crippen LogP contribution in [0.3, 0.4) is 0 Å². The molecular weight excluding hydrogens is 458 g/mol. The third kappa shape index (κ3) is 7.01. The number of nitrogens with zero attached hydrogens (tertiary/aromatic N) is 2. The molecule has 0 amide bonds. The molecule has 0 aliphatic heterocycles. The van der Waals surface area contributed by atoms with Gasteiger partial charge < -0.3 is 4.74 Å². The van der Waals surface area contributed by atoms with Gasteiger partial charge in [-0.2, -0.15) is 5.26 Å². The molecule has 0 unspecified atom stereocenters. The van der Waals surface area contributed by atoms with Gasteiger partial charge in [-0.05, 0) is 37.5 Å². The molecule has 0 aliphatic rings. The molecule has 34 heavy (non-hydrogen) atoms. The van der Waals surface area contributed by atoms with Crippen molar-refractivity contribution in [2.24, 2.45) is 0 Å². The van der Waals surface area contributed by atoms with Crippen molar-refractivity contribution in [1.29, 1.82) is 5.26 Å². The van der Waals surface area contributed by atoms with Gasteiger partial charge in [-0.25, -0.2) is 13.8 Å². The second-order valence-electron chi connectivity index (χ2n) is 7.21. The van der Waals surface area contributed by atoms with Crippen LogP contribution in [0.15, 0.2) is 60.2 Å². The predicted molar refractivity (Wildman–Crippen MR) is 128 cm³/mol. The lowest BCUT2D eigenvalue weighted by molar-refractivity contribution is -0.138. The summed E-state index contributed by atoms with van der Waals surface area (Å²) < 4.78 is 47.0. The molecule has 182 valence electrons. The Kier molecular flexibility index (Phi) is 11.0. The normalized spacial score (nSPS) is 12.0. The summed E-state index contributed by atoms with van der Waals surface area (Å²) in [7, 11) is -4.15. The van der Waals surface area contributed by atoms with Crippen molar-refractivity contribution < 1.29 is 27.5 Å². The van der Waals surface area contributed by atoms with E-state index in [2.05, 4.69) is 0 Å². The molecule has 0 aromatic heterocycles. The minimum atomic E-state index is -4.15. The molecule has 0 fully saturated rings. The summed E-state index contributed by atoms with van der Waals surface area (Å²) in [4.78, 5) is 12.8. The molecule has 0 radical (unpaired) electrons. The van der Waals surface area contributed by atoms with E-state index in [9.17, 15) is 14.6 Å². The van der Waals surface area contributed by atoms with E-state index in [4.69, 9.17) is 13.8 Å². The van der Waals surface area contributed by atoms with E-state index >= 15 is 4.39 Å². The van der Waals surface area contributed by atoms with E-state index in [1.807, 2.05) is 26.0 Å². The van der Waals surface area contributed by atoms with Crippen molar-refractivity contribution >= 4 is 19.4 Å². The van der Waals surface area contributed by atoms with Gasteiger partial charge in [-0.1, -0.05) is 56.3 Å². The molecule has 0 spiro atoms. The minimum Gasteiger partial charge on any atom is -0.462 e. The van der Waals surface area contributed by atoms with Crippen LogP contribution < -0.4 is 0 Å². The van der Waals surface area contributed by atoms with Crippen LogP contribution in [0.4, 0.5) is 4.39 Å². The van der Waals surface area contributed by atoms with Crippen LogP contribution in [0.2, 0.25) is 0 Å². The Hall–Kier alpha value is -2.98. The fourth-order valence-corrected chi connectivity index (χ4v) is 5.06. The van der Waals surface area contributed by atoms with Crippen LogP contribution in [-0.2, 0) is 29.7 Å². The number of carbonyl (C=O) groups is 1.